The van der Waals surface area contributed by atoms with Crippen molar-refractivity contribution in [1.82, 2.24) is 5.32 Å². The normalized spacial score (nSPS) is 11.0. The number of hydrogen-bond donors (Lipinski definition) is 1. The van der Waals surface area contributed by atoms with E-state index >= 15 is 0 Å². The lowest BCUT2D eigenvalue weighted by atomic mass is 9.95. The minimum atomic E-state index is -0.419. The molecule has 0 unspecified atom stereocenters. The molecular formula is C18H25NO4. The summed E-state index contributed by atoms with van der Waals surface area (Å²) in [7, 11) is 0. The Hall–Kier alpha value is -2.17. The molecule has 0 heterocycles. The summed E-state index contributed by atoms with van der Waals surface area (Å²) < 4.78 is 4.80. The summed E-state index contributed by atoms with van der Waals surface area (Å²) in [6, 6.07) is 7.18. The van der Waals surface area contributed by atoms with Gasteiger partial charge in [0.1, 0.15) is 0 Å². The van der Waals surface area contributed by atoms with Crippen LogP contribution in [-0.4, -0.2) is 24.3 Å². The Labute approximate surface area is 137 Å². The molecule has 1 aromatic rings. The Kier molecular flexibility index (Phi) is 6.94. The van der Waals surface area contributed by atoms with Crippen molar-refractivity contribution in [2.24, 2.45) is 5.41 Å². The molecule has 1 rings (SSSR count). The zero-order valence-corrected chi connectivity index (χ0v) is 14.3. The molecule has 0 aliphatic carbocycles. The Morgan fingerprint density at radius 3 is 2.22 bits per heavy atom. The van der Waals surface area contributed by atoms with E-state index in [1.807, 2.05) is 32.9 Å². The van der Waals surface area contributed by atoms with Crippen molar-refractivity contribution in [3.63, 3.8) is 0 Å². The number of ketones is 1. The first kappa shape index (κ1) is 18.9. The molecular weight excluding hydrogens is 294 g/mol. The van der Waals surface area contributed by atoms with E-state index in [9.17, 15) is 14.4 Å². The first-order valence-corrected chi connectivity index (χ1v) is 7.74. The predicted octanol–water partition coefficient (Wildman–Crippen LogP) is 2.87. The highest BCUT2D eigenvalue weighted by atomic mass is 16.5. The molecule has 126 valence electrons. The van der Waals surface area contributed by atoms with Crippen molar-refractivity contribution in [1.29, 1.82) is 0 Å². The highest BCUT2D eigenvalue weighted by Gasteiger charge is 2.20. The van der Waals surface area contributed by atoms with Crippen LogP contribution in [0.3, 0.4) is 0 Å². The molecule has 0 aromatic heterocycles. The second kappa shape index (κ2) is 8.46. The minimum absolute atomic E-state index is 0.0110. The van der Waals surface area contributed by atoms with Gasteiger partial charge in [-0.05, 0) is 12.0 Å². The average Bonchev–Trinajstić information content (AvgIpc) is 2.48. The van der Waals surface area contributed by atoms with Crippen LogP contribution in [0.15, 0.2) is 24.3 Å². The van der Waals surface area contributed by atoms with Gasteiger partial charge in [0.15, 0.2) is 5.78 Å². The third-order valence-electron chi connectivity index (χ3n) is 3.26. The molecule has 0 aliphatic heterocycles. The molecule has 0 fully saturated rings. The van der Waals surface area contributed by atoms with Gasteiger partial charge in [-0.15, -0.1) is 0 Å². The van der Waals surface area contributed by atoms with Crippen LogP contribution in [0.5, 0.6) is 0 Å². The number of carbonyl (C=O) groups is 3. The summed E-state index contributed by atoms with van der Waals surface area (Å²) in [5, 5.41) is 2.87. The van der Waals surface area contributed by atoms with E-state index in [1.165, 1.54) is 6.92 Å². The second-order valence-electron chi connectivity index (χ2n) is 6.50. The van der Waals surface area contributed by atoms with E-state index in [0.717, 1.165) is 5.56 Å². The van der Waals surface area contributed by atoms with Crippen LogP contribution in [0.25, 0.3) is 0 Å². The lowest BCUT2D eigenvalue weighted by molar-refractivity contribution is -0.141. The maximum Gasteiger partial charge on any atom is 0.302 e. The first-order chi connectivity index (χ1) is 10.7. The average molecular weight is 319 g/mol. The Morgan fingerprint density at radius 2 is 1.70 bits per heavy atom. The van der Waals surface area contributed by atoms with Crippen molar-refractivity contribution in [2.45, 2.75) is 47.1 Å². The van der Waals surface area contributed by atoms with Crippen LogP contribution >= 0.6 is 0 Å². The van der Waals surface area contributed by atoms with Gasteiger partial charge in [-0.3, -0.25) is 14.4 Å². The molecule has 23 heavy (non-hydrogen) atoms. The van der Waals surface area contributed by atoms with Crippen molar-refractivity contribution in [3.05, 3.63) is 35.4 Å². The number of benzene rings is 1. The van der Waals surface area contributed by atoms with Crippen LogP contribution in [0, 0.1) is 5.41 Å². The van der Waals surface area contributed by atoms with Gasteiger partial charge in [0.25, 0.3) is 0 Å². The van der Waals surface area contributed by atoms with Gasteiger partial charge in [-0.1, -0.05) is 45.0 Å². The van der Waals surface area contributed by atoms with E-state index in [4.69, 9.17) is 4.74 Å². The lowest BCUT2D eigenvalue weighted by Crippen LogP contribution is -2.34. The molecule has 0 spiro atoms. The van der Waals surface area contributed by atoms with Crippen LogP contribution in [0.2, 0.25) is 0 Å². The van der Waals surface area contributed by atoms with E-state index in [1.54, 1.807) is 12.1 Å². The summed E-state index contributed by atoms with van der Waals surface area (Å²) in [6.45, 7) is 7.63. The molecule has 0 bridgehead atoms. The third-order valence-corrected chi connectivity index (χ3v) is 3.26. The minimum Gasteiger partial charge on any atom is -0.466 e. The van der Waals surface area contributed by atoms with Crippen LogP contribution < -0.4 is 5.32 Å². The van der Waals surface area contributed by atoms with Crippen LogP contribution in [-0.2, 0) is 20.9 Å². The summed E-state index contributed by atoms with van der Waals surface area (Å²) in [5.74, 6) is -0.329. The van der Waals surface area contributed by atoms with E-state index in [2.05, 4.69) is 5.32 Å². The molecule has 1 N–H and O–H groups in total. The largest absolute Gasteiger partial charge is 0.466 e. The van der Waals surface area contributed by atoms with Gasteiger partial charge in [-0.25, -0.2) is 0 Å². The van der Waals surface area contributed by atoms with Crippen LogP contribution in [0.1, 0.15) is 56.5 Å². The monoisotopic (exact) mass is 319 g/mol. The summed E-state index contributed by atoms with van der Waals surface area (Å²) in [6.07, 6.45) is 0.856. The standard InChI is InChI=1S/C18H25NO4/c1-13(20)23-11-5-6-16(21)15-9-7-14(8-10-15)12-19-17(22)18(2,3)4/h7-10H,5-6,11-12H2,1-4H3,(H,19,22). The maximum absolute atomic E-state index is 12.0. The van der Waals surface area contributed by atoms with E-state index in [-0.39, 0.29) is 24.3 Å². The lowest BCUT2D eigenvalue weighted by Gasteiger charge is -2.17. The van der Waals surface area contributed by atoms with Crippen molar-refractivity contribution in [3.8, 4) is 0 Å². The smallest absolute Gasteiger partial charge is 0.302 e. The van der Waals surface area contributed by atoms with Gasteiger partial charge in [0.05, 0.1) is 6.61 Å². The molecule has 1 amide bonds. The van der Waals surface area contributed by atoms with E-state index in [0.29, 0.717) is 24.9 Å². The maximum atomic E-state index is 12.0. The first-order valence-electron chi connectivity index (χ1n) is 7.74. The molecule has 0 radical (unpaired) electrons. The Balaban J connectivity index is 2.45. The van der Waals surface area contributed by atoms with Crippen molar-refractivity contribution < 1.29 is 19.1 Å². The number of carbonyl (C=O) groups excluding carboxylic acids is 3. The SMILES string of the molecule is CC(=O)OCCCC(=O)c1ccc(CNC(=O)C(C)(C)C)cc1. The molecule has 5 heteroatoms. The van der Waals surface area contributed by atoms with E-state index < -0.39 is 5.41 Å². The van der Waals surface area contributed by atoms with Crippen molar-refractivity contribution >= 4 is 17.7 Å². The van der Waals surface area contributed by atoms with Gasteiger partial charge in [-0.2, -0.15) is 0 Å². The van der Waals surface area contributed by atoms with Crippen molar-refractivity contribution in [2.75, 3.05) is 6.61 Å². The van der Waals surface area contributed by atoms with Gasteiger partial charge < -0.3 is 10.1 Å². The Morgan fingerprint density at radius 1 is 1.09 bits per heavy atom. The number of hydrogen-bond acceptors (Lipinski definition) is 4. The highest BCUT2D eigenvalue weighted by molar-refractivity contribution is 5.96. The molecule has 1 aromatic carbocycles. The molecule has 5 nitrogen and oxygen atoms in total. The fourth-order valence-electron chi connectivity index (χ4n) is 1.85. The molecule has 0 aliphatic rings. The summed E-state index contributed by atoms with van der Waals surface area (Å²) in [5.41, 5.74) is 1.15. The quantitative estimate of drug-likeness (QED) is 0.476. The topological polar surface area (TPSA) is 72.5 Å². The van der Waals surface area contributed by atoms with Crippen LogP contribution in [0.4, 0.5) is 0 Å². The number of Topliss-reactive ketones (excluding diaryl/α,β-unsaturated/α-hetero) is 1. The Bertz CT molecular complexity index is 555. The molecule has 0 atom stereocenters. The van der Waals surface area contributed by atoms with Gasteiger partial charge in [0, 0.05) is 30.9 Å². The number of amides is 1. The van der Waals surface area contributed by atoms with Gasteiger partial charge in [0.2, 0.25) is 5.91 Å². The number of ether oxygens (including phenoxy) is 1. The summed E-state index contributed by atoms with van der Waals surface area (Å²) >= 11 is 0. The number of rotatable bonds is 7. The highest BCUT2D eigenvalue weighted by Crippen LogP contribution is 2.13. The fourth-order valence-corrected chi connectivity index (χ4v) is 1.85. The fraction of sp³-hybridized carbons (Fsp3) is 0.500. The number of esters is 1. The third kappa shape index (κ3) is 7.08. The predicted molar refractivity (Wildman–Crippen MR) is 87.9 cm³/mol. The molecule has 0 saturated heterocycles. The zero-order chi connectivity index (χ0) is 17.5. The zero-order valence-electron chi connectivity index (χ0n) is 14.3. The second-order valence-corrected chi connectivity index (χ2v) is 6.50. The number of nitrogens with one attached hydrogen (secondary N) is 1. The summed E-state index contributed by atoms with van der Waals surface area (Å²) in [4.78, 5) is 34.4. The molecule has 0 saturated carbocycles. The van der Waals surface area contributed by atoms with Gasteiger partial charge >= 0.3 is 5.97 Å².